The van der Waals surface area contributed by atoms with Gasteiger partial charge in [0, 0.05) is 3.57 Å². The third-order valence-electron chi connectivity index (χ3n) is 12.2. The molecule has 0 N–H and O–H groups in total. The van der Waals surface area contributed by atoms with Gasteiger partial charge in [-0.25, -0.2) is 4.79 Å². The van der Waals surface area contributed by atoms with Gasteiger partial charge < -0.3 is 4.74 Å². The van der Waals surface area contributed by atoms with Gasteiger partial charge in [0.15, 0.2) is 0 Å². The third-order valence-corrected chi connectivity index (χ3v) is 12.8. The molecule has 0 saturated heterocycles. The van der Waals surface area contributed by atoms with Gasteiger partial charge in [-0.2, -0.15) is 0 Å². The smallest absolute Gasteiger partial charge is 0.338 e. The lowest BCUT2D eigenvalue weighted by Crippen LogP contribution is -2.54. The number of carbonyl (C=O) groups is 1. The van der Waals surface area contributed by atoms with Crippen LogP contribution in [0.5, 0.6) is 0 Å². The lowest BCUT2D eigenvalue weighted by atomic mass is 9.44. The van der Waals surface area contributed by atoms with Crippen LogP contribution in [0.1, 0.15) is 122 Å². The van der Waals surface area contributed by atoms with Crippen molar-refractivity contribution in [3.63, 3.8) is 0 Å². The summed E-state index contributed by atoms with van der Waals surface area (Å²) in [5, 5.41) is 0. The van der Waals surface area contributed by atoms with E-state index in [4.69, 9.17) is 4.74 Å². The number of halogens is 1. The standard InChI is InChI=1S/C34H51IO2/c1-22(2)8-6-9-23(3)29-14-15-30-28-13-12-25-21-27(37-32(36)24-10-7-11-26(35)20-24)16-18-33(25,4)31(28)17-19-34(29,30)5/h7,10-11,20,22-23,25,27-31H,6,8-9,12-19,21H2,1-5H3/t23-,25+,27-,28+,29-,30+,31+,33+,34-/m1/s1. The quantitative estimate of drug-likeness (QED) is 0.225. The van der Waals surface area contributed by atoms with Gasteiger partial charge in [-0.05, 0) is 151 Å². The Bertz CT molecular complexity index is 957. The van der Waals surface area contributed by atoms with Gasteiger partial charge in [0.05, 0.1) is 5.56 Å². The van der Waals surface area contributed by atoms with E-state index in [1.807, 2.05) is 24.3 Å². The van der Waals surface area contributed by atoms with E-state index in [1.54, 1.807) is 0 Å². The molecule has 1 aromatic rings. The molecule has 4 saturated carbocycles. The average molecular weight is 619 g/mol. The second kappa shape index (κ2) is 11.1. The van der Waals surface area contributed by atoms with Crippen molar-refractivity contribution in [1.29, 1.82) is 0 Å². The summed E-state index contributed by atoms with van der Waals surface area (Å²) in [7, 11) is 0. The largest absolute Gasteiger partial charge is 0.459 e. The second-order valence-corrected chi connectivity index (χ2v) is 15.7. The lowest BCUT2D eigenvalue weighted by Gasteiger charge is -2.61. The van der Waals surface area contributed by atoms with Crippen LogP contribution < -0.4 is 0 Å². The van der Waals surface area contributed by atoms with Crippen molar-refractivity contribution in [3.05, 3.63) is 33.4 Å². The Balaban J connectivity index is 1.22. The highest BCUT2D eigenvalue weighted by Gasteiger charge is 2.60. The molecule has 5 rings (SSSR count). The molecule has 0 radical (unpaired) electrons. The maximum atomic E-state index is 12.9. The van der Waals surface area contributed by atoms with Gasteiger partial charge in [-0.3, -0.25) is 0 Å². The summed E-state index contributed by atoms with van der Waals surface area (Å²) in [6.07, 6.45) is 16.3. The summed E-state index contributed by atoms with van der Waals surface area (Å²) in [5.74, 6) is 6.00. The zero-order chi connectivity index (χ0) is 26.4. The normalized spacial score (nSPS) is 40.0. The van der Waals surface area contributed by atoms with Crippen molar-refractivity contribution < 1.29 is 9.53 Å². The lowest BCUT2D eigenvalue weighted by molar-refractivity contribution is -0.130. The molecule has 1 aromatic carbocycles. The van der Waals surface area contributed by atoms with E-state index in [0.29, 0.717) is 22.3 Å². The van der Waals surface area contributed by atoms with Crippen LogP contribution in [0.3, 0.4) is 0 Å². The summed E-state index contributed by atoms with van der Waals surface area (Å²) in [6.45, 7) is 12.7. The van der Waals surface area contributed by atoms with Crippen molar-refractivity contribution in [3.8, 4) is 0 Å². The Kier molecular flexibility index (Phi) is 8.41. The first-order chi connectivity index (χ1) is 17.6. The zero-order valence-corrected chi connectivity index (χ0v) is 26.3. The van der Waals surface area contributed by atoms with Crippen molar-refractivity contribution in [2.45, 2.75) is 118 Å². The van der Waals surface area contributed by atoms with Gasteiger partial charge >= 0.3 is 5.97 Å². The van der Waals surface area contributed by atoms with E-state index in [0.717, 1.165) is 51.9 Å². The fraction of sp³-hybridized carbons (Fsp3) is 0.794. The fourth-order valence-corrected chi connectivity index (χ4v) is 10.7. The van der Waals surface area contributed by atoms with Crippen LogP contribution in [-0.2, 0) is 4.74 Å². The van der Waals surface area contributed by atoms with E-state index < -0.39 is 0 Å². The topological polar surface area (TPSA) is 26.3 Å². The molecule has 2 nitrogen and oxygen atoms in total. The predicted molar refractivity (Wildman–Crippen MR) is 161 cm³/mol. The first kappa shape index (κ1) is 28.0. The van der Waals surface area contributed by atoms with E-state index in [9.17, 15) is 4.79 Å². The van der Waals surface area contributed by atoms with Crippen molar-refractivity contribution in [1.82, 2.24) is 0 Å². The minimum Gasteiger partial charge on any atom is -0.459 e. The van der Waals surface area contributed by atoms with Crippen LogP contribution in [0.4, 0.5) is 0 Å². The van der Waals surface area contributed by atoms with Crippen molar-refractivity contribution in [2.75, 3.05) is 0 Å². The molecule has 0 spiro atoms. The van der Waals surface area contributed by atoms with Crippen LogP contribution in [0.25, 0.3) is 0 Å². The molecule has 4 aliphatic carbocycles. The number of ether oxygens (including phenoxy) is 1. The highest BCUT2D eigenvalue weighted by Crippen LogP contribution is 2.68. The molecular weight excluding hydrogens is 567 g/mol. The molecule has 0 amide bonds. The van der Waals surface area contributed by atoms with Gasteiger partial charge in [-0.15, -0.1) is 0 Å². The molecule has 0 heterocycles. The minimum absolute atomic E-state index is 0.0939. The number of rotatable bonds is 7. The Morgan fingerprint density at radius 3 is 2.49 bits per heavy atom. The van der Waals surface area contributed by atoms with E-state index in [-0.39, 0.29) is 12.1 Å². The van der Waals surface area contributed by atoms with Crippen LogP contribution in [0, 0.1) is 55.8 Å². The Labute approximate surface area is 240 Å². The summed E-state index contributed by atoms with van der Waals surface area (Å²) in [6, 6.07) is 7.81. The molecular formula is C34H51IO2. The monoisotopic (exact) mass is 618 g/mol. The third kappa shape index (κ3) is 5.42. The highest BCUT2D eigenvalue weighted by molar-refractivity contribution is 14.1. The number of esters is 1. The molecule has 4 aliphatic rings. The number of carbonyl (C=O) groups excluding carboxylic acids is 1. The Hall–Kier alpha value is -0.580. The molecule has 37 heavy (non-hydrogen) atoms. The highest BCUT2D eigenvalue weighted by atomic mass is 127. The van der Waals surface area contributed by atoms with Crippen LogP contribution in [-0.4, -0.2) is 12.1 Å². The molecule has 9 atom stereocenters. The maximum absolute atomic E-state index is 12.9. The number of hydrogen-bond acceptors (Lipinski definition) is 2. The van der Waals surface area contributed by atoms with Gasteiger partial charge in [0.1, 0.15) is 6.10 Å². The minimum atomic E-state index is -0.131. The van der Waals surface area contributed by atoms with Crippen LogP contribution in [0.15, 0.2) is 24.3 Å². The van der Waals surface area contributed by atoms with Crippen molar-refractivity contribution >= 4 is 28.6 Å². The molecule has 0 aliphatic heterocycles. The average Bonchev–Trinajstić information content (AvgIpc) is 3.21. The zero-order valence-electron chi connectivity index (χ0n) is 24.1. The molecule has 0 unspecified atom stereocenters. The first-order valence-electron chi connectivity index (χ1n) is 15.6. The molecule has 206 valence electrons. The van der Waals surface area contributed by atoms with Gasteiger partial charge in [0.2, 0.25) is 0 Å². The molecule has 4 fully saturated rings. The van der Waals surface area contributed by atoms with E-state index in [2.05, 4.69) is 57.2 Å². The summed E-state index contributed by atoms with van der Waals surface area (Å²) in [5.41, 5.74) is 1.71. The summed E-state index contributed by atoms with van der Waals surface area (Å²) >= 11 is 2.27. The molecule has 3 heteroatoms. The second-order valence-electron chi connectivity index (χ2n) is 14.5. The number of hydrogen-bond donors (Lipinski definition) is 0. The summed E-state index contributed by atoms with van der Waals surface area (Å²) < 4.78 is 7.18. The van der Waals surface area contributed by atoms with Crippen LogP contribution >= 0.6 is 22.6 Å². The van der Waals surface area contributed by atoms with Crippen LogP contribution in [0.2, 0.25) is 0 Å². The number of benzene rings is 1. The Morgan fingerprint density at radius 1 is 0.973 bits per heavy atom. The van der Waals surface area contributed by atoms with Gasteiger partial charge in [0.25, 0.3) is 0 Å². The molecule has 0 aromatic heterocycles. The first-order valence-corrected chi connectivity index (χ1v) is 16.7. The number of fused-ring (bicyclic) bond motifs is 5. The van der Waals surface area contributed by atoms with E-state index in [1.165, 1.54) is 64.2 Å². The molecule has 0 bridgehead atoms. The van der Waals surface area contributed by atoms with E-state index >= 15 is 0 Å². The Morgan fingerprint density at radius 2 is 1.73 bits per heavy atom. The van der Waals surface area contributed by atoms with Gasteiger partial charge in [-0.1, -0.05) is 59.9 Å². The summed E-state index contributed by atoms with van der Waals surface area (Å²) in [4.78, 5) is 12.9. The predicted octanol–water partition coefficient (Wildman–Crippen LogP) is 9.94. The SMILES string of the molecule is CC(C)CCC[C@@H](C)[C@H]1CC[C@H]2[C@@H]3CC[C@H]4C[C@H](OC(=O)c5cccc(I)c5)CC[C@]4(C)[C@H]3CC[C@]12C. The fourth-order valence-electron chi connectivity index (χ4n) is 10.2. The maximum Gasteiger partial charge on any atom is 0.338 e. The van der Waals surface area contributed by atoms with Crippen molar-refractivity contribution in [2.24, 2.45) is 52.3 Å².